The molecule has 0 radical (unpaired) electrons. The second kappa shape index (κ2) is 11.4. The topological polar surface area (TPSA) is 243 Å². The maximum absolute atomic E-state index is 12.5. The van der Waals surface area contributed by atoms with E-state index in [1.165, 1.54) is 12.5 Å². The number of rotatable bonds is 12. The van der Waals surface area contributed by atoms with Gasteiger partial charge in [-0.05, 0) is 0 Å². The van der Waals surface area contributed by atoms with Crippen LogP contribution in [0.5, 0.6) is 0 Å². The van der Waals surface area contributed by atoms with Crippen LogP contribution in [0.4, 0.5) is 0 Å². The molecule has 3 unspecified atom stereocenters. The van der Waals surface area contributed by atoms with E-state index in [0.29, 0.717) is 5.69 Å². The third-order valence-corrected chi connectivity index (χ3v) is 3.65. The molecule has 29 heavy (non-hydrogen) atoms. The lowest BCUT2D eigenvalue weighted by Gasteiger charge is -2.23. The lowest BCUT2D eigenvalue weighted by molar-refractivity contribution is -0.143. The average Bonchev–Trinajstić information content (AvgIpc) is 3.17. The highest BCUT2D eigenvalue weighted by Gasteiger charge is 2.30. The van der Waals surface area contributed by atoms with Gasteiger partial charge < -0.3 is 42.6 Å². The van der Waals surface area contributed by atoms with Gasteiger partial charge in [-0.15, -0.1) is 0 Å². The molecular weight excluding hydrogens is 390 g/mol. The van der Waals surface area contributed by atoms with Crippen molar-refractivity contribution in [3.63, 3.8) is 0 Å². The van der Waals surface area contributed by atoms with Crippen LogP contribution in [0.15, 0.2) is 12.5 Å². The third-order valence-electron chi connectivity index (χ3n) is 3.65. The zero-order valence-corrected chi connectivity index (χ0v) is 15.3. The van der Waals surface area contributed by atoms with E-state index in [1.54, 1.807) is 0 Å². The first-order valence-corrected chi connectivity index (χ1v) is 8.37. The molecule has 0 saturated heterocycles. The fourth-order valence-electron chi connectivity index (χ4n) is 2.22. The van der Waals surface area contributed by atoms with Gasteiger partial charge in [0.05, 0.1) is 25.9 Å². The number of H-pyrrole nitrogens is 1. The number of hydrogen-bond donors (Lipinski definition) is 8. The van der Waals surface area contributed by atoms with Gasteiger partial charge in [-0.3, -0.25) is 19.2 Å². The highest BCUT2D eigenvalue weighted by Crippen LogP contribution is 2.02. The van der Waals surface area contributed by atoms with Crippen LogP contribution in [0, 0.1) is 0 Å². The Kier molecular flexibility index (Phi) is 9.21. The van der Waals surface area contributed by atoms with Crippen LogP contribution < -0.4 is 27.4 Å². The number of carboxylic acid groups (broad SMARTS) is 1. The number of nitrogens with one attached hydrogen (secondary N) is 4. The fourth-order valence-corrected chi connectivity index (χ4v) is 2.22. The summed E-state index contributed by atoms with van der Waals surface area (Å²) in [7, 11) is 0. The minimum Gasteiger partial charge on any atom is -0.480 e. The number of amides is 4. The standard InChI is InChI=1S/C15H23N7O7/c16-3-12(25)20-10(5-23)14(27)21-8(1-7-4-18-6-19-7)13(26)22-9(15(28)29)2-11(17)24/h4,6,8-10,23H,1-3,5,16H2,(H2,17,24)(H,18,19)(H,20,25)(H,21,27)(H,22,26)(H,28,29). The van der Waals surface area contributed by atoms with E-state index in [9.17, 15) is 29.1 Å². The summed E-state index contributed by atoms with van der Waals surface area (Å²) >= 11 is 0. The Bertz CT molecular complexity index is 737. The molecule has 10 N–H and O–H groups in total. The van der Waals surface area contributed by atoms with Crippen molar-refractivity contribution in [3.8, 4) is 0 Å². The molecule has 0 bridgehead atoms. The van der Waals surface area contributed by atoms with Crippen LogP contribution in [0.3, 0.4) is 0 Å². The van der Waals surface area contributed by atoms with Gasteiger partial charge in [-0.1, -0.05) is 0 Å². The van der Waals surface area contributed by atoms with Gasteiger partial charge in [0.1, 0.15) is 18.1 Å². The van der Waals surface area contributed by atoms with Gasteiger partial charge in [-0.25, -0.2) is 9.78 Å². The van der Waals surface area contributed by atoms with Crippen LogP contribution >= 0.6 is 0 Å². The number of primary amides is 1. The number of carbonyl (C=O) groups excluding carboxylic acids is 4. The van der Waals surface area contributed by atoms with Gasteiger partial charge in [0.25, 0.3) is 0 Å². The lowest BCUT2D eigenvalue weighted by atomic mass is 10.1. The summed E-state index contributed by atoms with van der Waals surface area (Å²) in [6, 6.07) is -4.31. The molecule has 1 heterocycles. The highest BCUT2D eigenvalue weighted by atomic mass is 16.4. The van der Waals surface area contributed by atoms with Gasteiger partial charge in [0.15, 0.2) is 0 Å². The zero-order chi connectivity index (χ0) is 22.0. The fraction of sp³-hybridized carbons (Fsp3) is 0.467. The predicted octanol–water partition coefficient (Wildman–Crippen LogP) is -4.68. The second-order valence-electron chi connectivity index (χ2n) is 5.92. The van der Waals surface area contributed by atoms with Gasteiger partial charge >= 0.3 is 5.97 Å². The van der Waals surface area contributed by atoms with Gasteiger partial charge in [0.2, 0.25) is 23.6 Å². The van der Waals surface area contributed by atoms with Crippen LogP contribution in [-0.2, 0) is 30.4 Å². The number of aromatic nitrogens is 2. The molecule has 1 aromatic heterocycles. The van der Waals surface area contributed by atoms with Crippen molar-refractivity contribution in [3.05, 3.63) is 18.2 Å². The first kappa shape index (κ1) is 23.5. The van der Waals surface area contributed by atoms with Crippen LogP contribution in [0.1, 0.15) is 12.1 Å². The summed E-state index contributed by atoms with van der Waals surface area (Å²) in [6.07, 6.45) is 1.93. The average molecular weight is 413 g/mol. The molecule has 160 valence electrons. The largest absolute Gasteiger partial charge is 0.480 e. The number of aromatic amines is 1. The summed E-state index contributed by atoms with van der Waals surface area (Å²) in [5, 5.41) is 25.0. The van der Waals surface area contributed by atoms with E-state index in [1.807, 2.05) is 0 Å². The number of carbonyl (C=O) groups is 5. The van der Waals surface area contributed by atoms with Crippen LogP contribution in [0.25, 0.3) is 0 Å². The highest BCUT2D eigenvalue weighted by molar-refractivity contribution is 5.94. The third kappa shape index (κ3) is 7.94. The first-order chi connectivity index (χ1) is 13.7. The number of hydrogen-bond acceptors (Lipinski definition) is 8. The number of nitrogens with zero attached hydrogens (tertiary/aromatic N) is 1. The van der Waals surface area contributed by atoms with Crippen molar-refractivity contribution in [2.24, 2.45) is 11.5 Å². The maximum atomic E-state index is 12.5. The van der Waals surface area contributed by atoms with Crippen molar-refractivity contribution in [1.29, 1.82) is 0 Å². The smallest absolute Gasteiger partial charge is 0.326 e. The Morgan fingerprint density at radius 1 is 1.07 bits per heavy atom. The van der Waals surface area contributed by atoms with Crippen molar-refractivity contribution in [2.45, 2.75) is 31.0 Å². The summed E-state index contributed by atoms with van der Waals surface area (Å²) in [5.41, 5.74) is 10.5. The Balaban J connectivity index is 2.95. The first-order valence-electron chi connectivity index (χ1n) is 8.37. The van der Waals surface area contributed by atoms with Crippen molar-refractivity contribution >= 4 is 29.6 Å². The monoisotopic (exact) mass is 413 g/mol. The number of carboxylic acids is 1. The van der Waals surface area contributed by atoms with Crippen LogP contribution in [0.2, 0.25) is 0 Å². The van der Waals surface area contributed by atoms with E-state index in [2.05, 4.69) is 25.9 Å². The molecule has 1 rings (SSSR count). The molecule has 1 aromatic rings. The quantitative estimate of drug-likeness (QED) is 0.164. The van der Waals surface area contributed by atoms with Crippen molar-refractivity contribution in [1.82, 2.24) is 25.9 Å². The molecule has 14 nitrogen and oxygen atoms in total. The summed E-state index contributed by atoms with van der Waals surface area (Å²) < 4.78 is 0. The predicted molar refractivity (Wildman–Crippen MR) is 95.7 cm³/mol. The summed E-state index contributed by atoms with van der Waals surface area (Å²) in [6.45, 7) is -1.19. The molecule has 0 saturated carbocycles. The van der Waals surface area contributed by atoms with E-state index in [0.717, 1.165) is 0 Å². The normalized spacial score (nSPS) is 13.6. The number of aliphatic carboxylic acids is 1. The molecular formula is C15H23N7O7. The van der Waals surface area contributed by atoms with Gasteiger partial charge in [-0.2, -0.15) is 0 Å². The number of aliphatic hydroxyl groups is 1. The maximum Gasteiger partial charge on any atom is 0.326 e. The minimum absolute atomic E-state index is 0.122. The minimum atomic E-state index is -1.60. The summed E-state index contributed by atoms with van der Waals surface area (Å²) in [4.78, 5) is 65.0. The van der Waals surface area contributed by atoms with E-state index in [4.69, 9.17) is 16.6 Å². The SMILES string of the molecule is NCC(=O)NC(CO)C(=O)NC(Cc1cnc[nH]1)C(=O)NC(CC(N)=O)C(=O)O. The Morgan fingerprint density at radius 2 is 1.69 bits per heavy atom. The molecule has 3 atom stereocenters. The lowest BCUT2D eigenvalue weighted by Crippen LogP contribution is -2.58. The molecule has 0 spiro atoms. The Hall–Kier alpha value is -3.52. The zero-order valence-electron chi connectivity index (χ0n) is 15.3. The Morgan fingerprint density at radius 3 is 2.17 bits per heavy atom. The second-order valence-corrected chi connectivity index (χ2v) is 5.92. The van der Waals surface area contributed by atoms with Crippen molar-refractivity contribution < 1.29 is 34.2 Å². The number of aliphatic hydroxyl groups excluding tert-OH is 1. The molecule has 0 aromatic carbocycles. The Labute approximate surface area is 164 Å². The number of nitrogens with two attached hydrogens (primary N) is 2. The molecule has 0 fully saturated rings. The van der Waals surface area contributed by atoms with E-state index >= 15 is 0 Å². The molecule has 0 aliphatic heterocycles. The van der Waals surface area contributed by atoms with Gasteiger partial charge in [0, 0.05) is 18.3 Å². The van der Waals surface area contributed by atoms with Crippen molar-refractivity contribution in [2.75, 3.05) is 13.2 Å². The van der Waals surface area contributed by atoms with E-state index in [-0.39, 0.29) is 6.42 Å². The molecule has 0 aliphatic rings. The molecule has 4 amide bonds. The van der Waals surface area contributed by atoms with Crippen LogP contribution in [-0.4, -0.2) is 81.1 Å². The molecule has 14 heteroatoms. The molecule has 0 aliphatic carbocycles. The number of imidazole rings is 1. The van der Waals surface area contributed by atoms with E-state index < -0.39 is 67.3 Å². The summed E-state index contributed by atoms with van der Waals surface area (Å²) in [5.74, 6) is -4.98.